The van der Waals surface area contributed by atoms with Crippen LogP contribution in [-0.2, 0) is 22.6 Å². The maximum Gasteiger partial charge on any atom is 0.243 e. The van der Waals surface area contributed by atoms with Crippen molar-refractivity contribution in [2.45, 2.75) is 65.6 Å². The Kier molecular flexibility index (Phi) is 7.86. The summed E-state index contributed by atoms with van der Waals surface area (Å²) in [5.74, 6) is -0.240. The van der Waals surface area contributed by atoms with Crippen LogP contribution in [0.15, 0.2) is 48.5 Å². The van der Waals surface area contributed by atoms with E-state index in [-0.39, 0.29) is 23.8 Å². The van der Waals surface area contributed by atoms with Crippen LogP contribution in [0.5, 0.6) is 0 Å². The Morgan fingerprint density at radius 1 is 1.10 bits per heavy atom. The Hall–Kier alpha value is -2.33. The highest BCUT2D eigenvalue weighted by Gasteiger charge is 2.30. The first-order chi connectivity index (χ1) is 13.6. The highest BCUT2D eigenvalue weighted by Crippen LogP contribution is 2.21. The van der Waals surface area contributed by atoms with E-state index >= 15 is 0 Å². The largest absolute Gasteiger partial charge is 0.350 e. The van der Waals surface area contributed by atoms with E-state index in [4.69, 9.17) is 11.6 Å². The minimum absolute atomic E-state index is 0.0913. The highest BCUT2D eigenvalue weighted by molar-refractivity contribution is 6.31. The van der Waals surface area contributed by atoms with Gasteiger partial charge in [0.25, 0.3) is 0 Å². The molecular formula is C24H31ClN2O2. The van der Waals surface area contributed by atoms with Crippen LogP contribution in [0, 0.1) is 6.92 Å². The van der Waals surface area contributed by atoms with Gasteiger partial charge < -0.3 is 10.2 Å². The fourth-order valence-electron chi connectivity index (χ4n) is 3.28. The Bertz CT molecular complexity index is 858. The maximum atomic E-state index is 13.3. The smallest absolute Gasteiger partial charge is 0.243 e. The molecule has 0 aliphatic rings. The summed E-state index contributed by atoms with van der Waals surface area (Å²) in [7, 11) is 0. The van der Waals surface area contributed by atoms with Gasteiger partial charge in [-0.05, 0) is 51.3 Å². The number of nitrogens with zero attached hydrogens (tertiary/aromatic N) is 1. The highest BCUT2D eigenvalue weighted by atomic mass is 35.5. The summed E-state index contributed by atoms with van der Waals surface area (Å²) in [6.45, 7) is 10.0. The molecule has 0 aliphatic carbocycles. The van der Waals surface area contributed by atoms with E-state index in [2.05, 4.69) is 5.32 Å². The molecule has 2 amide bonds. The zero-order chi connectivity index (χ0) is 21.6. The lowest BCUT2D eigenvalue weighted by molar-refractivity contribution is -0.141. The monoisotopic (exact) mass is 414 g/mol. The number of benzene rings is 2. The van der Waals surface area contributed by atoms with Crippen molar-refractivity contribution in [2.75, 3.05) is 0 Å². The van der Waals surface area contributed by atoms with Crippen molar-refractivity contribution in [3.63, 3.8) is 0 Å². The normalized spacial score (nSPS) is 12.3. The van der Waals surface area contributed by atoms with Crippen molar-refractivity contribution < 1.29 is 9.59 Å². The summed E-state index contributed by atoms with van der Waals surface area (Å²) in [6.07, 6.45) is 0.761. The number of amides is 2. The zero-order valence-corrected chi connectivity index (χ0v) is 18.7. The van der Waals surface area contributed by atoms with Crippen molar-refractivity contribution in [1.29, 1.82) is 0 Å². The Morgan fingerprint density at radius 2 is 1.79 bits per heavy atom. The van der Waals surface area contributed by atoms with E-state index in [0.29, 0.717) is 18.0 Å². The third-order valence-corrected chi connectivity index (χ3v) is 4.99. The van der Waals surface area contributed by atoms with E-state index in [1.807, 2.05) is 77.1 Å². The lowest BCUT2D eigenvalue weighted by Crippen LogP contribution is -2.53. The van der Waals surface area contributed by atoms with Crippen molar-refractivity contribution >= 4 is 23.4 Å². The second kappa shape index (κ2) is 9.93. The summed E-state index contributed by atoms with van der Waals surface area (Å²) < 4.78 is 0. The Labute approximate surface area is 179 Å². The lowest BCUT2D eigenvalue weighted by atomic mass is 10.0. The molecule has 1 atom stereocenters. The van der Waals surface area contributed by atoms with E-state index in [0.717, 1.165) is 16.7 Å². The van der Waals surface area contributed by atoms with Crippen LogP contribution in [0.2, 0.25) is 5.02 Å². The van der Waals surface area contributed by atoms with Gasteiger partial charge in [-0.3, -0.25) is 9.59 Å². The minimum Gasteiger partial charge on any atom is -0.350 e. The molecule has 2 rings (SSSR count). The van der Waals surface area contributed by atoms with Crippen LogP contribution in [0.3, 0.4) is 0 Å². The predicted molar refractivity (Wildman–Crippen MR) is 119 cm³/mol. The van der Waals surface area contributed by atoms with Crippen LogP contribution in [0.1, 0.15) is 50.8 Å². The molecule has 0 radical (unpaired) electrons. The summed E-state index contributed by atoms with van der Waals surface area (Å²) in [6, 6.07) is 14.8. The molecule has 2 aromatic rings. The van der Waals surface area contributed by atoms with Crippen LogP contribution in [0.25, 0.3) is 0 Å². The van der Waals surface area contributed by atoms with E-state index in [9.17, 15) is 9.59 Å². The summed E-state index contributed by atoms with van der Waals surface area (Å²) in [5, 5.41) is 3.60. The molecule has 0 unspecified atom stereocenters. The van der Waals surface area contributed by atoms with Gasteiger partial charge in [0.15, 0.2) is 0 Å². The van der Waals surface area contributed by atoms with Gasteiger partial charge in [0.2, 0.25) is 11.8 Å². The molecule has 156 valence electrons. The number of rotatable bonds is 7. The summed E-state index contributed by atoms with van der Waals surface area (Å²) in [5.41, 5.74) is 2.49. The van der Waals surface area contributed by atoms with Crippen LogP contribution in [-0.4, -0.2) is 28.3 Å². The molecule has 2 aromatic carbocycles. The number of carbonyl (C=O) groups excluding carboxylic acids is 2. The summed E-state index contributed by atoms with van der Waals surface area (Å²) >= 11 is 6.35. The number of hydrogen-bond donors (Lipinski definition) is 1. The van der Waals surface area contributed by atoms with Gasteiger partial charge >= 0.3 is 0 Å². The molecule has 0 saturated heterocycles. The predicted octanol–water partition coefficient (Wildman–Crippen LogP) is 4.91. The number of halogens is 1. The van der Waals surface area contributed by atoms with Gasteiger partial charge in [0.05, 0.1) is 6.42 Å². The van der Waals surface area contributed by atoms with Crippen molar-refractivity contribution in [2.24, 2.45) is 0 Å². The number of nitrogens with one attached hydrogen (secondary N) is 1. The SMILES string of the molecule is CC[C@H](C(=O)NC(C)(C)C)N(Cc1ccccc1Cl)C(=O)Cc1cccc(C)c1. The zero-order valence-electron chi connectivity index (χ0n) is 18.0. The Morgan fingerprint density at radius 3 is 2.38 bits per heavy atom. The van der Waals surface area contributed by atoms with Gasteiger partial charge in [-0.25, -0.2) is 0 Å². The number of hydrogen-bond acceptors (Lipinski definition) is 2. The first kappa shape index (κ1) is 23.0. The minimum atomic E-state index is -0.567. The molecule has 5 heteroatoms. The second-order valence-electron chi connectivity index (χ2n) is 8.44. The second-order valence-corrected chi connectivity index (χ2v) is 8.85. The van der Waals surface area contributed by atoms with Crippen LogP contribution in [0.4, 0.5) is 0 Å². The average Bonchev–Trinajstić information content (AvgIpc) is 2.61. The van der Waals surface area contributed by atoms with Gasteiger partial charge in [-0.15, -0.1) is 0 Å². The van der Waals surface area contributed by atoms with Crippen LogP contribution >= 0.6 is 11.6 Å². The molecule has 4 nitrogen and oxygen atoms in total. The molecule has 29 heavy (non-hydrogen) atoms. The van der Waals surface area contributed by atoms with Gasteiger partial charge in [-0.1, -0.05) is 66.6 Å². The van der Waals surface area contributed by atoms with E-state index < -0.39 is 6.04 Å². The van der Waals surface area contributed by atoms with E-state index in [1.165, 1.54) is 0 Å². The molecule has 0 aliphatic heterocycles. The molecule has 0 spiro atoms. The maximum absolute atomic E-state index is 13.3. The van der Waals surface area contributed by atoms with Gasteiger partial charge in [0, 0.05) is 17.1 Å². The standard InChI is InChI=1S/C24H31ClN2O2/c1-6-21(23(29)26-24(3,4)5)27(16-19-12-7-8-13-20(19)25)22(28)15-18-11-9-10-17(2)14-18/h7-14,21H,6,15-16H2,1-5H3,(H,26,29)/t21-/m1/s1. The van der Waals surface area contributed by atoms with Gasteiger partial charge in [0.1, 0.15) is 6.04 Å². The fourth-order valence-corrected chi connectivity index (χ4v) is 3.48. The quantitative estimate of drug-likeness (QED) is 0.699. The molecule has 0 bridgehead atoms. The molecule has 0 fully saturated rings. The van der Waals surface area contributed by atoms with E-state index in [1.54, 1.807) is 11.0 Å². The third kappa shape index (κ3) is 6.90. The first-order valence-corrected chi connectivity index (χ1v) is 10.4. The lowest BCUT2D eigenvalue weighted by Gasteiger charge is -2.33. The van der Waals surface area contributed by atoms with Crippen molar-refractivity contribution in [1.82, 2.24) is 10.2 Å². The Balaban J connectivity index is 2.34. The van der Waals surface area contributed by atoms with Crippen molar-refractivity contribution in [3.05, 3.63) is 70.2 Å². The van der Waals surface area contributed by atoms with Crippen molar-refractivity contribution in [3.8, 4) is 0 Å². The number of carbonyl (C=O) groups is 2. The van der Waals surface area contributed by atoms with Crippen LogP contribution < -0.4 is 5.32 Å². The molecule has 0 saturated carbocycles. The molecular weight excluding hydrogens is 384 g/mol. The summed E-state index contributed by atoms with van der Waals surface area (Å²) in [4.78, 5) is 27.9. The molecule has 0 aromatic heterocycles. The number of aryl methyl sites for hydroxylation is 1. The fraction of sp³-hybridized carbons (Fsp3) is 0.417. The first-order valence-electron chi connectivity index (χ1n) is 10.0. The van der Waals surface area contributed by atoms with Gasteiger partial charge in [-0.2, -0.15) is 0 Å². The molecule has 1 N–H and O–H groups in total. The molecule has 0 heterocycles. The topological polar surface area (TPSA) is 49.4 Å². The average molecular weight is 415 g/mol. The third-order valence-electron chi connectivity index (χ3n) is 4.62.